The van der Waals surface area contributed by atoms with E-state index < -0.39 is 73.1 Å². The highest BCUT2D eigenvalue weighted by Gasteiger charge is 2.30. The van der Waals surface area contributed by atoms with E-state index >= 15 is 0 Å². The molecule has 13 nitrogen and oxygen atoms in total. The number of hydrogen-bond donors (Lipinski definition) is 7. The molecule has 3 unspecified atom stereocenters. The van der Waals surface area contributed by atoms with Gasteiger partial charge in [-0.3, -0.25) is 28.8 Å². The number of amides is 4. The van der Waals surface area contributed by atoms with E-state index in [0.29, 0.717) is 0 Å². The molecule has 0 aromatic heterocycles. The van der Waals surface area contributed by atoms with Crippen LogP contribution in [0.15, 0.2) is 0 Å². The van der Waals surface area contributed by atoms with E-state index in [-0.39, 0.29) is 0 Å². The van der Waals surface area contributed by atoms with Crippen LogP contribution >= 0.6 is 0 Å². The molecular formula is C13H21N5O8. The fourth-order valence-electron chi connectivity index (χ4n) is 1.66. The third-order valence-electron chi connectivity index (χ3n) is 2.88. The molecule has 0 fully saturated rings. The predicted octanol–water partition coefficient (Wildman–Crippen LogP) is -4.15. The smallest absolute Gasteiger partial charge is 0.322 e. The van der Waals surface area contributed by atoms with Gasteiger partial charge in [0.2, 0.25) is 23.6 Å². The van der Waals surface area contributed by atoms with Gasteiger partial charge in [0.1, 0.15) is 18.6 Å². The largest absolute Gasteiger partial charge is 0.481 e. The topological polar surface area (TPSA) is 231 Å². The summed E-state index contributed by atoms with van der Waals surface area (Å²) in [5.74, 6) is -6.68. The van der Waals surface area contributed by atoms with E-state index in [1.165, 1.54) is 6.92 Å². The Morgan fingerprint density at radius 2 is 1.35 bits per heavy atom. The molecule has 9 N–H and O–H groups in total. The van der Waals surface area contributed by atoms with Crippen LogP contribution in [0.3, 0.4) is 0 Å². The summed E-state index contributed by atoms with van der Waals surface area (Å²) in [6.45, 7) is 0.532. The lowest BCUT2D eigenvalue weighted by atomic mass is 10.1. The van der Waals surface area contributed by atoms with E-state index in [1.807, 2.05) is 5.32 Å². The Labute approximate surface area is 147 Å². The highest BCUT2D eigenvalue weighted by Crippen LogP contribution is 1.99. The maximum atomic E-state index is 12.2. The normalized spacial score (nSPS) is 13.6. The van der Waals surface area contributed by atoms with Gasteiger partial charge in [-0.2, -0.15) is 0 Å². The van der Waals surface area contributed by atoms with Crippen molar-refractivity contribution in [3.8, 4) is 0 Å². The minimum Gasteiger partial charge on any atom is -0.481 e. The third kappa shape index (κ3) is 9.17. The molecule has 4 amide bonds. The number of aliphatic carboxylic acids is 2. The van der Waals surface area contributed by atoms with Gasteiger partial charge in [-0.1, -0.05) is 0 Å². The molecule has 0 rings (SSSR count). The quantitative estimate of drug-likeness (QED) is 0.185. The molecule has 0 spiro atoms. The zero-order chi connectivity index (χ0) is 20.4. The molecular weight excluding hydrogens is 354 g/mol. The molecule has 0 bridgehead atoms. The summed E-state index contributed by atoms with van der Waals surface area (Å²) in [4.78, 5) is 68.0. The molecule has 146 valence electrons. The van der Waals surface area contributed by atoms with Gasteiger partial charge in [-0.05, 0) is 6.92 Å². The van der Waals surface area contributed by atoms with Crippen molar-refractivity contribution in [2.24, 2.45) is 11.5 Å². The lowest BCUT2D eigenvalue weighted by Crippen LogP contribution is -2.56. The molecule has 26 heavy (non-hydrogen) atoms. The first-order valence-corrected chi connectivity index (χ1v) is 7.30. The molecule has 0 radical (unpaired) electrons. The molecule has 3 atom stereocenters. The second-order valence-electron chi connectivity index (χ2n) is 5.29. The molecule has 0 heterocycles. The van der Waals surface area contributed by atoms with E-state index in [4.69, 9.17) is 21.7 Å². The number of primary amides is 1. The standard InChI is InChI=1S/C13H21N5O8/c1-5(14)11(24)17-7(3-9(20)21)13(26)18-6(2-8(15)19)12(25)16-4-10(22)23/h5-7H,2-4,14H2,1H3,(H2,15,19)(H,16,25)(H,17,24)(H,18,26)(H,20,21)(H,22,23). The molecule has 0 aliphatic rings. The Balaban J connectivity index is 5.20. The molecule has 0 aliphatic heterocycles. The van der Waals surface area contributed by atoms with Crippen LogP contribution in [0.4, 0.5) is 0 Å². The van der Waals surface area contributed by atoms with Gasteiger partial charge >= 0.3 is 11.9 Å². The summed E-state index contributed by atoms with van der Waals surface area (Å²) in [6, 6.07) is -4.16. The predicted molar refractivity (Wildman–Crippen MR) is 84.2 cm³/mol. The van der Waals surface area contributed by atoms with Crippen molar-refractivity contribution in [1.82, 2.24) is 16.0 Å². The number of carboxylic acids is 2. The van der Waals surface area contributed by atoms with Gasteiger partial charge in [0.25, 0.3) is 0 Å². The van der Waals surface area contributed by atoms with Gasteiger partial charge in [0.05, 0.1) is 18.9 Å². The van der Waals surface area contributed by atoms with Crippen LogP contribution in [0.2, 0.25) is 0 Å². The molecule has 0 saturated carbocycles. The average molecular weight is 375 g/mol. The molecule has 13 heteroatoms. The van der Waals surface area contributed by atoms with Crippen molar-refractivity contribution < 1.29 is 39.0 Å². The van der Waals surface area contributed by atoms with Crippen LogP contribution in [0.1, 0.15) is 19.8 Å². The summed E-state index contributed by atoms with van der Waals surface area (Å²) in [5.41, 5.74) is 10.3. The second-order valence-corrected chi connectivity index (χ2v) is 5.29. The summed E-state index contributed by atoms with van der Waals surface area (Å²) in [7, 11) is 0. The van der Waals surface area contributed by atoms with Crippen molar-refractivity contribution in [1.29, 1.82) is 0 Å². The molecule has 0 saturated heterocycles. The Kier molecular flexibility index (Phi) is 9.29. The Bertz CT molecular complexity index is 591. The first kappa shape index (κ1) is 22.8. The third-order valence-corrected chi connectivity index (χ3v) is 2.88. The number of carbonyl (C=O) groups is 6. The number of carboxylic acid groups (broad SMARTS) is 2. The maximum absolute atomic E-state index is 12.2. The monoisotopic (exact) mass is 375 g/mol. The van der Waals surface area contributed by atoms with Gasteiger partial charge in [0, 0.05) is 0 Å². The van der Waals surface area contributed by atoms with Crippen LogP contribution in [-0.4, -0.2) is 70.5 Å². The number of nitrogens with one attached hydrogen (secondary N) is 3. The molecule has 0 aromatic rings. The fourth-order valence-corrected chi connectivity index (χ4v) is 1.66. The number of carbonyl (C=O) groups excluding carboxylic acids is 4. The van der Waals surface area contributed by atoms with Crippen LogP contribution < -0.4 is 27.4 Å². The minimum atomic E-state index is -1.58. The van der Waals surface area contributed by atoms with Gasteiger partial charge in [-0.15, -0.1) is 0 Å². The summed E-state index contributed by atoms with van der Waals surface area (Å²) < 4.78 is 0. The van der Waals surface area contributed by atoms with Gasteiger partial charge < -0.3 is 37.6 Å². The highest BCUT2D eigenvalue weighted by molar-refractivity contribution is 5.96. The zero-order valence-electron chi connectivity index (χ0n) is 13.9. The van der Waals surface area contributed by atoms with Crippen molar-refractivity contribution >= 4 is 35.6 Å². The molecule has 0 aromatic carbocycles. The van der Waals surface area contributed by atoms with E-state index in [0.717, 1.165) is 0 Å². The van der Waals surface area contributed by atoms with Crippen LogP contribution in [0.5, 0.6) is 0 Å². The summed E-state index contributed by atoms with van der Waals surface area (Å²) in [5, 5.41) is 23.5. The van der Waals surface area contributed by atoms with Crippen molar-refractivity contribution in [2.75, 3.05) is 6.54 Å². The van der Waals surface area contributed by atoms with Crippen LogP contribution in [0.25, 0.3) is 0 Å². The highest BCUT2D eigenvalue weighted by atomic mass is 16.4. The summed E-state index contributed by atoms with van der Waals surface area (Å²) >= 11 is 0. The lowest BCUT2D eigenvalue weighted by molar-refractivity contribution is -0.142. The Morgan fingerprint density at radius 3 is 1.77 bits per heavy atom. The fraction of sp³-hybridized carbons (Fsp3) is 0.538. The second kappa shape index (κ2) is 10.6. The number of hydrogen-bond acceptors (Lipinski definition) is 7. The van der Waals surface area contributed by atoms with Crippen LogP contribution in [-0.2, 0) is 28.8 Å². The SMILES string of the molecule is CC(N)C(=O)NC(CC(=O)O)C(=O)NC(CC(N)=O)C(=O)NCC(=O)O. The summed E-state index contributed by atoms with van der Waals surface area (Å²) in [6.07, 6.45) is -1.48. The maximum Gasteiger partial charge on any atom is 0.322 e. The van der Waals surface area contributed by atoms with Crippen LogP contribution in [0, 0.1) is 0 Å². The number of rotatable bonds is 11. The van der Waals surface area contributed by atoms with Crippen molar-refractivity contribution in [3.05, 3.63) is 0 Å². The van der Waals surface area contributed by atoms with Gasteiger partial charge in [0.15, 0.2) is 0 Å². The first-order valence-electron chi connectivity index (χ1n) is 7.30. The average Bonchev–Trinajstić information content (AvgIpc) is 2.49. The van der Waals surface area contributed by atoms with E-state index in [2.05, 4.69) is 10.6 Å². The van der Waals surface area contributed by atoms with Crippen molar-refractivity contribution in [3.63, 3.8) is 0 Å². The lowest BCUT2D eigenvalue weighted by Gasteiger charge is -2.22. The first-order chi connectivity index (χ1) is 11.9. The minimum absolute atomic E-state index is 0.668. The van der Waals surface area contributed by atoms with Gasteiger partial charge in [-0.25, -0.2) is 0 Å². The number of nitrogens with two attached hydrogens (primary N) is 2. The molecule has 0 aliphatic carbocycles. The zero-order valence-corrected chi connectivity index (χ0v) is 13.9. The Morgan fingerprint density at radius 1 is 0.846 bits per heavy atom. The van der Waals surface area contributed by atoms with E-state index in [9.17, 15) is 28.8 Å². The Hall–Kier alpha value is -3.22. The van der Waals surface area contributed by atoms with Crippen molar-refractivity contribution in [2.45, 2.75) is 37.9 Å². The van der Waals surface area contributed by atoms with E-state index in [1.54, 1.807) is 0 Å².